The van der Waals surface area contributed by atoms with Crippen molar-refractivity contribution in [3.8, 4) is 5.75 Å². The molecule has 180 valence electrons. The molecule has 1 fully saturated rings. The highest BCUT2D eigenvalue weighted by molar-refractivity contribution is 5.87. The standard InChI is InChI=1S/C24H34FN5O3/c1-26-15-20-21(16-31)23(27-18-6-8-19(9-7-18)33-14-13-32-3)29-24(22(20)25)28-17-5-4-11-30(2)12-10-17/h6-9,16-17,26H,4-5,10-15H2,1-3H3,(H2,27,28,29). The van der Waals surface area contributed by atoms with E-state index in [2.05, 4.69) is 32.9 Å². The number of hydrogen-bond donors (Lipinski definition) is 3. The van der Waals surface area contributed by atoms with E-state index in [0.29, 0.717) is 36.8 Å². The molecule has 2 heterocycles. The molecule has 1 aromatic heterocycles. The molecular formula is C24H34FN5O3. The van der Waals surface area contributed by atoms with Crippen LogP contribution in [0.25, 0.3) is 0 Å². The fourth-order valence-electron chi connectivity index (χ4n) is 3.88. The number of nitrogens with zero attached hydrogens (tertiary/aromatic N) is 2. The molecular weight excluding hydrogens is 425 g/mol. The third kappa shape index (κ3) is 6.86. The van der Waals surface area contributed by atoms with Crippen LogP contribution in [-0.4, -0.2) is 69.7 Å². The minimum Gasteiger partial charge on any atom is -0.491 e. The fraction of sp³-hybridized carbons (Fsp3) is 0.500. The van der Waals surface area contributed by atoms with Crippen LogP contribution in [0.5, 0.6) is 5.75 Å². The number of carbonyl (C=O) groups is 1. The summed E-state index contributed by atoms with van der Waals surface area (Å²) >= 11 is 0. The maximum Gasteiger partial charge on any atom is 0.170 e. The Morgan fingerprint density at radius 2 is 1.97 bits per heavy atom. The fourth-order valence-corrected chi connectivity index (χ4v) is 3.88. The molecule has 0 radical (unpaired) electrons. The molecule has 1 saturated heterocycles. The van der Waals surface area contributed by atoms with Crippen molar-refractivity contribution in [2.75, 3.05) is 58.1 Å². The summed E-state index contributed by atoms with van der Waals surface area (Å²) in [5, 5.41) is 9.42. The Labute approximate surface area is 194 Å². The molecule has 0 spiro atoms. The summed E-state index contributed by atoms with van der Waals surface area (Å²) in [4.78, 5) is 18.7. The third-order valence-electron chi connectivity index (χ3n) is 5.71. The average molecular weight is 460 g/mol. The summed E-state index contributed by atoms with van der Waals surface area (Å²) in [5.74, 6) is 0.702. The van der Waals surface area contributed by atoms with Crippen molar-refractivity contribution in [2.45, 2.75) is 31.8 Å². The zero-order chi connectivity index (χ0) is 23.6. The monoisotopic (exact) mass is 459 g/mol. The number of hydrogen-bond acceptors (Lipinski definition) is 8. The van der Waals surface area contributed by atoms with Gasteiger partial charge in [0.2, 0.25) is 0 Å². The molecule has 0 amide bonds. The lowest BCUT2D eigenvalue weighted by Gasteiger charge is -2.21. The lowest BCUT2D eigenvalue weighted by Crippen LogP contribution is -2.25. The minimum absolute atomic E-state index is 0.123. The highest BCUT2D eigenvalue weighted by atomic mass is 19.1. The molecule has 1 atom stereocenters. The average Bonchev–Trinajstić information content (AvgIpc) is 3.02. The lowest BCUT2D eigenvalue weighted by molar-refractivity contribution is 0.112. The number of anilines is 3. The van der Waals surface area contributed by atoms with Crippen LogP contribution in [0.1, 0.15) is 35.2 Å². The van der Waals surface area contributed by atoms with Crippen LogP contribution in [0.15, 0.2) is 24.3 Å². The van der Waals surface area contributed by atoms with Gasteiger partial charge in [-0.15, -0.1) is 0 Å². The van der Waals surface area contributed by atoms with Gasteiger partial charge < -0.3 is 30.3 Å². The highest BCUT2D eigenvalue weighted by Crippen LogP contribution is 2.29. The number of ether oxygens (including phenoxy) is 2. The van der Waals surface area contributed by atoms with Gasteiger partial charge in [-0.2, -0.15) is 0 Å². The Kier molecular flexibility index (Phi) is 9.41. The van der Waals surface area contributed by atoms with Gasteiger partial charge in [-0.25, -0.2) is 9.37 Å². The smallest absolute Gasteiger partial charge is 0.170 e. The van der Waals surface area contributed by atoms with Crippen molar-refractivity contribution in [1.82, 2.24) is 15.2 Å². The van der Waals surface area contributed by atoms with Gasteiger partial charge in [0.1, 0.15) is 18.2 Å². The molecule has 33 heavy (non-hydrogen) atoms. The summed E-state index contributed by atoms with van der Waals surface area (Å²) in [6.45, 7) is 3.15. The van der Waals surface area contributed by atoms with Crippen LogP contribution >= 0.6 is 0 Å². The van der Waals surface area contributed by atoms with Crippen LogP contribution in [0.3, 0.4) is 0 Å². The van der Waals surface area contributed by atoms with E-state index in [1.54, 1.807) is 14.2 Å². The van der Waals surface area contributed by atoms with Crippen LogP contribution in [-0.2, 0) is 11.3 Å². The first-order valence-electron chi connectivity index (χ1n) is 11.3. The number of pyridine rings is 1. The van der Waals surface area contributed by atoms with E-state index >= 15 is 4.39 Å². The van der Waals surface area contributed by atoms with E-state index in [1.807, 2.05) is 24.3 Å². The summed E-state index contributed by atoms with van der Waals surface area (Å²) in [7, 11) is 5.44. The number of aromatic nitrogens is 1. The van der Waals surface area contributed by atoms with E-state index < -0.39 is 5.82 Å². The zero-order valence-electron chi connectivity index (χ0n) is 19.6. The van der Waals surface area contributed by atoms with Gasteiger partial charge in [-0.1, -0.05) is 0 Å². The van der Waals surface area contributed by atoms with Crippen molar-refractivity contribution in [3.63, 3.8) is 0 Å². The van der Waals surface area contributed by atoms with Crippen molar-refractivity contribution in [3.05, 3.63) is 41.2 Å². The number of carbonyl (C=O) groups excluding carboxylic acids is 1. The number of halogens is 1. The van der Waals surface area contributed by atoms with Gasteiger partial charge in [0.15, 0.2) is 17.9 Å². The largest absolute Gasteiger partial charge is 0.491 e. The van der Waals surface area contributed by atoms with E-state index in [0.717, 1.165) is 32.4 Å². The molecule has 0 bridgehead atoms. The first-order chi connectivity index (χ1) is 16.0. The number of rotatable bonds is 11. The van der Waals surface area contributed by atoms with Crippen LogP contribution in [0.2, 0.25) is 0 Å². The second kappa shape index (κ2) is 12.5. The predicted octanol–water partition coefficient (Wildman–Crippen LogP) is 3.42. The summed E-state index contributed by atoms with van der Waals surface area (Å²) in [6.07, 6.45) is 3.53. The zero-order valence-corrected chi connectivity index (χ0v) is 19.6. The molecule has 1 aromatic carbocycles. The molecule has 0 aliphatic carbocycles. The molecule has 1 unspecified atom stereocenters. The third-order valence-corrected chi connectivity index (χ3v) is 5.71. The maximum atomic E-state index is 15.4. The molecule has 8 nitrogen and oxygen atoms in total. The molecule has 1 aliphatic heterocycles. The number of methoxy groups -OCH3 is 1. The maximum absolute atomic E-state index is 15.4. The first kappa shape index (κ1) is 24.9. The lowest BCUT2D eigenvalue weighted by atomic mass is 10.1. The van der Waals surface area contributed by atoms with Crippen LogP contribution in [0, 0.1) is 5.82 Å². The number of benzene rings is 1. The van der Waals surface area contributed by atoms with Crippen molar-refractivity contribution >= 4 is 23.6 Å². The number of aldehydes is 1. The van der Waals surface area contributed by atoms with Crippen LogP contribution in [0.4, 0.5) is 21.7 Å². The second-order valence-corrected chi connectivity index (χ2v) is 8.23. The van der Waals surface area contributed by atoms with Gasteiger partial charge in [0.25, 0.3) is 0 Å². The SMILES string of the molecule is CNCc1c(F)c(NC2CCCN(C)CC2)nc(Nc2ccc(OCCOC)cc2)c1C=O. The predicted molar refractivity (Wildman–Crippen MR) is 128 cm³/mol. The Bertz CT molecular complexity index is 910. The van der Waals surface area contributed by atoms with E-state index in [9.17, 15) is 4.79 Å². The Hall–Kier alpha value is -2.75. The molecule has 3 rings (SSSR count). The van der Waals surface area contributed by atoms with E-state index in [-0.39, 0.29) is 29.5 Å². The molecule has 0 saturated carbocycles. The number of likely N-dealkylation sites (tertiary alicyclic amines) is 1. The van der Waals surface area contributed by atoms with Crippen molar-refractivity contribution < 1.29 is 18.7 Å². The molecule has 2 aromatic rings. The molecule has 1 aliphatic rings. The molecule has 3 N–H and O–H groups in total. The van der Waals surface area contributed by atoms with E-state index in [1.165, 1.54) is 0 Å². The van der Waals surface area contributed by atoms with E-state index in [4.69, 9.17) is 9.47 Å². The highest BCUT2D eigenvalue weighted by Gasteiger charge is 2.22. The van der Waals surface area contributed by atoms with Crippen molar-refractivity contribution in [1.29, 1.82) is 0 Å². The Morgan fingerprint density at radius 1 is 1.18 bits per heavy atom. The molecule has 9 heteroatoms. The second-order valence-electron chi connectivity index (χ2n) is 8.23. The van der Waals surface area contributed by atoms with Gasteiger partial charge in [-0.3, -0.25) is 4.79 Å². The summed E-state index contributed by atoms with van der Waals surface area (Å²) in [5.41, 5.74) is 1.21. The van der Waals surface area contributed by atoms with Gasteiger partial charge in [-0.05, 0) is 70.7 Å². The Morgan fingerprint density at radius 3 is 2.67 bits per heavy atom. The first-order valence-corrected chi connectivity index (χ1v) is 11.3. The minimum atomic E-state index is -0.489. The summed E-state index contributed by atoms with van der Waals surface area (Å²) < 4.78 is 25.9. The van der Waals surface area contributed by atoms with Gasteiger partial charge in [0, 0.05) is 30.9 Å². The topological polar surface area (TPSA) is 87.8 Å². The number of nitrogens with one attached hydrogen (secondary N) is 3. The normalized spacial score (nSPS) is 16.8. The quantitative estimate of drug-likeness (QED) is 0.348. The van der Waals surface area contributed by atoms with Gasteiger partial charge >= 0.3 is 0 Å². The summed E-state index contributed by atoms with van der Waals surface area (Å²) in [6, 6.07) is 7.41. The van der Waals surface area contributed by atoms with Crippen molar-refractivity contribution in [2.24, 2.45) is 0 Å². The van der Waals surface area contributed by atoms with Crippen LogP contribution < -0.4 is 20.7 Å². The van der Waals surface area contributed by atoms with Gasteiger partial charge in [0.05, 0.1) is 12.2 Å². The Balaban J connectivity index is 1.85.